The predicted molar refractivity (Wildman–Crippen MR) is 208 cm³/mol. The van der Waals surface area contributed by atoms with E-state index in [0.717, 1.165) is 28.4 Å². The van der Waals surface area contributed by atoms with Gasteiger partial charge in [-0.25, -0.2) is 4.79 Å². The molecule has 0 aliphatic carbocycles. The number of amides is 3. The van der Waals surface area contributed by atoms with E-state index < -0.39 is 17.8 Å². The van der Waals surface area contributed by atoms with Gasteiger partial charge in [-0.1, -0.05) is 84.4 Å². The van der Waals surface area contributed by atoms with E-state index in [2.05, 4.69) is 33.0 Å². The maximum Gasteiger partial charge on any atom is 0.341 e. The molecule has 0 bridgehead atoms. The lowest BCUT2D eigenvalue weighted by Gasteiger charge is -2.27. The highest BCUT2D eigenvalue weighted by molar-refractivity contribution is 8.00. The minimum atomic E-state index is -0.552. The van der Waals surface area contributed by atoms with E-state index in [1.165, 1.54) is 41.8 Å². The molecule has 2 heterocycles. The Balaban J connectivity index is 1.11. The Morgan fingerprint density at radius 2 is 1.63 bits per heavy atom. The van der Waals surface area contributed by atoms with Crippen LogP contribution in [0, 0.1) is 0 Å². The Bertz CT molecular complexity index is 2120. The minimum Gasteiger partial charge on any atom is -0.465 e. The van der Waals surface area contributed by atoms with Gasteiger partial charge < -0.3 is 20.7 Å². The highest BCUT2D eigenvalue weighted by Gasteiger charge is 2.29. The molecule has 264 valence electrons. The number of fused-ring (bicyclic) bond motifs is 1. The van der Waals surface area contributed by atoms with Crippen LogP contribution in [0.1, 0.15) is 42.3 Å². The number of anilines is 2. The van der Waals surface area contributed by atoms with E-state index >= 15 is 0 Å². The molecule has 5 aromatic rings. The number of esters is 1. The van der Waals surface area contributed by atoms with Gasteiger partial charge in [-0.2, -0.15) is 0 Å². The summed E-state index contributed by atoms with van der Waals surface area (Å²) < 4.78 is 5.11. The molecule has 1 aromatic heterocycles. The van der Waals surface area contributed by atoms with Crippen molar-refractivity contribution in [1.82, 2.24) is 10.2 Å². The lowest BCUT2D eigenvalue weighted by Crippen LogP contribution is -2.30. The summed E-state index contributed by atoms with van der Waals surface area (Å²) in [6, 6.07) is 32.9. The topological polar surface area (TPSA) is 117 Å². The second-order valence-corrected chi connectivity index (χ2v) is 14.4. The summed E-state index contributed by atoms with van der Waals surface area (Å²) in [5.74, 6) is -1.69. The van der Waals surface area contributed by atoms with Crippen molar-refractivity contribution in [3.63, 3.8) is 0 Å². The molecule has 3 N–H and O–H groups in total. The zero-order valence-corrected chi connectivity index (χ0v) is 30.6. The zero-order chi connectivity index (χ0) is 36.5. The van der Waals surface area contributed by atoms with Gasteiger partial charge >= 0.3 is 5.97 Å². The number of carbonyl (C=O) groups is 4. The molecule has 6 rings (SSSR count). The number of nitrogens with zero attached hydrogens (tertiary/aromatic N) is 1. The van der Waals surface area contributed by atoms with E-state index in [0.29, 0.717) is 45.4 Å². The first-order valence-electron chi connectivity index (χ1n) is 16.4. The van der Waals surface area contributed by atoms with Gasteiger partial charge in [0.15, 0.2) is 0 Å². The Hall–Kier alpha value is -5.20. The molecule has 0 saturated carbocycles. The number of halogens is 1. The van der Waals surface area contributed by atoms with Crippen molar-refractivity contribution >= 4 is 75.2 Å². The van der Waals surface area contributed by atoms with E-state index in [-0.39, 0.29) is 17.4 Å². The van der Waals surface area contributed by atoms with Crippen molar-refractivity contribution in [2.75, 3.05) is 30.0 Å². The monoisotopic (exact) mass is 750 g/mol. The lowest BCUT2D eigenvalue weighted by molar-refractivity contribution is -0.114. The summed E-state index contributed by atoms with van der Waals surface area (Å²) in [4.78, 5) is 56.7. The van der Waals surface area contributed by atoms with Crippen molar-refractivity contribution < 1.29 is 23.9 Å². The van der Waals surface area contributed by atoms with E-state index in [9.17, 15) is 19.2 Å². The Kier molecular flexibility index (Phi) is 12.2. The smallest absolute Gasteiger partial charge is 0.341 e. The van der Waals surface area contributed by atoms with Crippen molar-refractivity contribution in [2.24, 2.45) is 0 Å². The van der Waals surface area contributed by atoms with Gasteiger partial charge in [0.25, 0.3) is 11.8 Å². The summed E-state index contributed by atoms with van der Waals surface area (Å²) >= 11 is 9.05. The molecule has 0 atom stereocenters. The molecule has 12 heteroatoms. The zero-order valence-electron chi connectivity index (χ0n) is 28.2. The third kappa shape index (κ3) is 9.36. The molecule has 0 fully saturated rings. The van der Waals surface area contributed by atoms with Crippen molar-refractivity contribution in [2.45, 2.75) is 24.4 Å². The third-order valence-electron chi connectivity index (χ3n) is 8.22. The maximum atomic E-state index is 13.5. The fraction of sp³-hybridized carbons (Fsp3) is 0.150. The number of rotatable bonds is 12. The molecule has 0 spiro atoms. The van der Waals surface area contributed by atoms with Crippen LogP contribution in [0.3, 0.4) is 0 Å². The average Bonchev–Trinajstić information content (AvgIpc) is 3.51. The second kappa shape index (κ2) is 17.3. The molecule has 1 aliphatic heterocycles. The number of hydrogen-bond acceptors (Lipinski definition) is 8. The lowest BCUT2D eigenvalue weighted by atomic mass is 10.0. The SMILES string of the molecule is COC(=O)c1c(NC(=O)CSc2cccc(NC(=O)/C(=C\c3ccccc3Cl)NC(=O)c3ccccc3)c2)sc2c1CCN(Cc1ccccc1)C2. The summed E-state index contributed by atoms with van der Waals surface area (Å²) in [6.45, 7) is 2.26. The average molecular weight is 751 g/mol. The van der Waals surface area contributed by atoms with Gasteiger partial charge in [0.1, 0.15) is 10.7 Å². The van der Waals surface area contributed by atoms with Gasteiger partial charge in [0.2, 0.25) is 5.91 Å². The van der Waals surface area contributed by atoms with Crippen LogP contribution in [0.25, 0.3) is 6.08 Å². The highest BCUT2D eigenvalue weighted by atomic mass is 35.5. The summed E-state index contributed by atoms with van der Waals surface area (Å²) in [6.07, 6.45) is 2.20. The number of nitrogens with one attached hydrogen (secondary N) is 3. The number of ether oxygens (including phenoxy) is 1. The van der Waals surface area contributed by atoms with Crippen molar-refractivity contribution in [3.05, 3.63) is 153 Å². The van der Waals surface area contributed by atoms with Crippen LogP contribution >= 0.6 is 34.7 Å². The molecule has 4 aromatic carbocycles. The van der Waals surface area contributed by atoms with Gasteiger partial charge in [0.05, 0.1) is 18.4 Å². The highest BCUT2D eigenvalue weighted by Crippen LogP contribution is 2.38. The standard InChI is InChI=1S/C40H35ClN4O5S2/c1-50-40(49)36-31-19-20-45(23-26-11-4-2-5-12-26)24-34(31)52-39(36)44-35(46)25-51-30-17-10-16-29(22-30)42-38(48)33(21-28-15-8-9-18-32(28)41)43-37(47)27-13-6-3-7-14-27/h2-18,21-22H,19-20,23-25H2,1H3,(H,42,48)(H,43,47)(H,44,46)/b33-21+. The fourth-order valence-electron chi connectivity index (χ4n) is 5.70. The number of thioether (sulfide) groups is 1. The van der Waals surface area contributed by atoms with Gasteiger partial charge in [-0.15, -0.1) is 23.1 Å². The van der Waals surface area contributed by atoms with Gasteiger partial charge in [0, 0.05) is 45.7 Å². The minimum absolute atomic E-state index is 0.00243. The second-order valence-electron chi connectivity index (χ2n) is 11.9. The molecule has 1 aliphatic rings. The molecular formula is C40H35ClN4O5S2. The van der Waals surface area contributed by atoms with Crippen LogP contribution in [0.4, 0.5) is 10.7 Å². The molecule has 9 nitrogen and oxygen atoms in total. The van der Waals surface area contributed by atoms with Crippen molar-refractivity contribution in [1.29, 1.82) is 0 Å². The number of hydrogen-bond donors (Lipinski definition) is 3. The normalized spacial score (nSPS) is 12.8. The van der Waals surface area contributed by atoms with Crippen LogP contribution in [0.5, 0.6) is 0 Å². The maximum absolute atomic E-state index is 13.5. The van der Waals surface area contributed by atoms with Gasteiger partial charge in [-0.05, 0) is 65.6 Å². The molecular weight excluding hydrogens is 716 g/mol. The Morgan fingerprint density at radius 1 is 0.904 bits per heavy atom. The van der Waals surface area contributed by atoms with Crippen LogP contribution in [-0.4, -0.2) is 48.0 Å². The summed E-state index contributed by atoms with van der Waals surface area (Å²) in [5, 5.41) is 9.42. The summed E-state index contributed by atoms with van der Waals surface area (Å²) in [7, 11) is 1.34. The number of methoxy groups -OCH3 is 1. The molecule has 3 amide bonds. The number of benzene rings is 4. The predicted octanol–water partition coefficient (Wildman–Crippen LogP) is 7.89. The Labute approximate surface area is 315 Å². The quantitative estimate of drug-likeness (QED) is 0.0675. The van der Waals surface area contributed by atoms with E-state index in [1.807, 2.05) is 24.3 Å². The molecule has 52 heavy (non-hydrogen) atoms. The number of thiophene rings is 1. The first-order chi connectivity index (χ1) is 25.3. The van der Waals surface area contributed by atoms with Crippen LogP contribution in [0.15, 0.2) is 120 Å². The largest absolute Gasteiger partial charge is 0.465 e. The molecule has 0 unspecified atom stereocenters. The number of carbonyl (C=O) groups excluding carboxylic acids is 4. The third-order valence-corrected chi connectivity index (χ3v) is 10.7. The van der Waals surface area contributed by atoms with Crippen molar-refractivity contribution in [3.8, 4) is 0 Å². The molecule has 0 radical (unpaired) electrons. The summed E-state index contributed by atoms with van der Waals surface area (Å²) in [5.41, 5.74) is 3.98. The molecule has 0 saturated heterocycles. The van der Waals surface area contributed by atoms with Crippen LogP contribution in [0.2, 0.25) is 5.02 Å². The first kappa shape index (κ1) is 36.6. The van der Waals surface area contributed by atoms with Crippen LogP contribution in [-0.2, 0) is 33.8 Å². The first-order valence-corrected chi connectivity index (χ1v) is 18.6. The van der Waals surface area contributed by atoms with E-state index in [1.54, 1.807) is 72.8 Å². The van der Waals surface area contributed by atoms with Crippen LogP contribution < -0.4 is 16.0 Å². The Morgan fingerprint density at radius 3 is 2.38 bits per heavy atom. The fourth-order valence-corrected chi connectivity index (χ4v) is 7.94. The van der Waals surface area contributed by atoms with Gasteiger partial charge in [-0.3, -0.25) is 19.3 Å². The van der Waals surface area contributed by atoms with E-state index in [4.69, 9.17) is 16.3 Å².